The van der Waals surface area contributed by atoms with Gasteiger partial charge in [0.2, 0.25) is 0 Å². The van der Waals surface area contributed by atoms with Crippen molar-refractivity contribution in [3.8, 4) is 0 Å². The summed E-state index contributed by atoms with van der Waals surface area (Å²) in [6, 6.07) is 9.17. The zero-order chi connectivity index (χ0) is 13.5. The van der Waals surface area contributed by atoms with E-state index in [1.165, 1.54) is 36.8 Å². The molecule has 2 rings (SSSR count). The van der Waals surface area contributed by atoms with Crippen LogP contribution in [0.1, 0.15) is 56.1 Å². The van der Waals surface area contributed by atoms with Gasteiger partial charge in [0.25, 0.3) is 0 Å². The van der Waals surface area contributed by atoms with Gasteiger partial charge in [-0.2, -0.15) is 0 Å². The zero-order valence-electron chi connectivity index (χ0n) is 12.2. The first kappa shape index (κ1) is 14.3. The lowest BCUT2D eigenvalue weighted by molar-refractivity contribution is 0.456. The van der Waals surface area contributed by atoms with E-state index in [4.69, 9.17) is 0 Å². The van der Waals surface area contributed by atoms with E-state index in [0.717, 1.165) is 31.3 Å². The fourth-order valence-corrected chi connectivity index (χ4v) is 2.59. The van der Waals surface area contributed by atoms with Gasteiger partial charge in [-0.05, 0) is 55.2 Å². The van der Waals surface area contributed by atoms with Crippen LogP contribution in [0.4, 0.5) is 0 Å². The molecule has 0 aliphatic heterocycles. The summed E-state index contributed by atoms with van der Waals surface area (Å²) in [5.74, 6) is 1.66. The van der Waals surface area contributed by atoms with Crippen LogP contribution in [0, 0.1) is 5.92 Å². The standard InChI is InChI=1S/C18H27N/c1-3-5-15(4-2)12-13-19-14-16-6-8-17(9-7-16)18-10-11-18/h3,6-9,15,18-19H,1,4-5,10-14H2,2H3. The Kier molecular flexibility index (Phi) is 5.65. The highest BCUT2D eigenvalue weighted by molar-refractivity contribution is 5.27. The quantitative estimate of drug-likeness (QED) is 0.502. The molecule has 1 N–H and O–H groups in total. The third-order valence-electron chi connectivity index (χ3n) is 4.16. The third kappa shape index (κ3) is 4.83. The maximum atomic E-state index is 3.83. The Bertz CT molecular complexity index is 375. The Balaban J connectivity index is 1.65. The highest BCUT2D eigenvalue weighted by atomic mass is 14.8. The SMILES string of the molecule is C=CCC(CC)CCNCc1ccc(C2CC2)cc1. The van der Waals surface area contributed by atoms with Gasteiger partial charge < -0.3 is 5.32 Å². The Morgan fingerprint density at radius 1 is 1.32 bits per heavy atom. The second-order valence-corrected chi connectivity index (χ2v) is 5.78. The van der Waals surface area contributed by atoms with Gasteiger partial charge in [-0.15, -0.1) is 6.58 Å². The van der Waals surface area contributed by atoms with Gasteiger partial charge in [-0.3, -0.25) is 0 Å². The highest BCUT2D eigenvalue weighted by Gasteiger charge is 2.22. The van der Waals surface area contributed by atoms with E-state index in [0.29, 0.717) is 0 Å². The summed E-state index contributed by atoms with van der Waals surface area (Å²) in [6.45, 7) is 8.20. The van der Waals surface area contributed by atoms with Crippen molar-refractivity contribution in [3.63, 3.8) is 0 Å². The molecule has 0 bridgehead atoms. The highest BCUT2D eigenvalue weighted by Crippen LogP contribution is 2.39. The number of hydrogen-bond donors (Lipinski definition) is 1. The molecule has 1 nitrogen and oxygen atoms in total. The average molecular weight is 257 g/mol. The number of hydrogen-bond acceptors (Lipinski definition) is 1. The van der Waals surface area contributed by atoms with Crippen LogP contribution >= 0.6 is 0 Å². The van der Waals surface area contributed by atoms with Crippen LogP contribution in [0.25, 0.3) is 0 Å². The summed E-state index contributed by atoms with van der Waals surface area (Å²) in [6.07, 6.45) is 8.48. The van der Waals surface area contributed by atoms with Crippen LogP contribution in [-0.4, -0.2) is 6.54 Å². The lowest BCUT2D eigenvalue weighted by Gasteiger charge is -2.13. The fraction of sp³-hybridized carbons (Fsp3) is 0.556. The first-order valence-electron chi connectivity index (χ1n) is 7.74. The molecule has 1 atom stereocenters. The van der Waals surface area contributed by atoms with Crippen LogP contribution in [0.5, 0.6) is 0 Å². The van der Waals surface area contributed by atoms with E-state index in [9.17, 15) is 0 Å². The van der Waals surface area contributed by atoms with Crippen LogP contribution in [0.2, 0.25) is 0 Å². The summed E-state index contributed by atoms with van der Waals surface area (Å²) in [5.41, 5.74) is 2.93. The Hall–Kier alpha value is -1.08. The molecular weight excluding hydrogens is 230 g/mol. The third-order valence-corrected chi connectivity index (χ3v) is 4.16. The Morgan fingerprint density at radius 2 is 2.05 bits per heavy atom. The van der Waals surface area contributed by atoms with E-state index in [1.54, 1.807) is 0 Å². The van der Waals surface area contributed by atoms with E-state index in [2.05, 4.69) is 43.1 Å². The van der Waals surface area contributed by atoms with Crippen molar-refractivity contribution in [2.24, 2.45) is 5.92 Å². The number of allylic oxidation sites excluding steroid dienone is 1. The summed E-state index contributed by atoms with van der Waals surface area (Å²) < 4.78 is 0. The second-order valence-electron chi connectivity index (χ2n) is 5.78. The van der Waals surface area contributed by atoms with E-state index in [1.807, 2.05) is 6.08 Å². The van der Waals surface area contributed by atoms with Crippen molar-refractivity contribution < 1.29 is 0 Å². The molecule has 0 radical (unpaired) electrons. The molecule has 1 fully saturated rings. The molecule has 1 aromatic rings. The van der Waals surface area contributed by atoms with Crippen molar-refractivity contribution in [2.45, 2.75) is 51.5 Å². The van der Waals surface area contributed by atoms with Crippen molar-refractivity contribution in [3.05, 3.63) is 48.0 Å². The maximum absolute atomic E-state index is 3.83. The normalized spacial score (nSPS) is 16.3. The minimum atomic E-state index is 0.794. The van der Waals surface area contributed by atoms with Gasteiger partial charge in [-0.25, -0.2) is 0 Å². The molecule has 0 amide bonds. The lowest BCUT2D eigenvalue weighted by Crippen LogP contribution is -2.17. The maximum Gasteiger partial charge on any atom is 0.0205 e. The van der Waals surface area contributed by atoms with Crippen molar-refractivity contribution in [1.29, 1.82) is 0 Å². The van der Waals surface area contributed by atoms with Crippen LogP contribution in [0.3, 0.4) is 0 Å². The van der Waals surface area contributed by atoms with Gasteiger partial charge in [-0.1, -0.05) is 43.7 Å². The first-order valence-corrected chi connectivity index (χ1v) is 7.74. The minimum Gasteiger partial charge on any atom is -0.313 e. The van der Waals surface area contributed by atoms with Gasteiger partial charge in [0, 0.05) is 6.54 Å². The molecule has 0 spiro atoms. The van der Waals surface area contributed by atoms with E-state index >= 15 is 0 Å². The average Bonchev–Trinajstić information content (AvgIpc) is 3.27. The van der Waals surface area contributed by atoms with Crippen molar-refractivity contribution in [2.75, 3.05) is 6.54 Å². The number of rotatable bonds is 9. The summed E-state index contributed by atoms with van der Waals surface area (Å²) in [7, 11) is 0. The molecular formula is C18H27N. The first-order chi connectivity index (χ1) is 9.33. The molecule has 1 unspecified atom stereocenters. The van der Waals surface area contributed by atoms with Gasteiger partial charge in [0.05, 0.1) is 0 Å². The molecule has 1 heteroatoms. The lowest BCUT2D eigenvalue weighted by atomic mass is 9.98. The molecule has 104 valence electrons. The van der Waals surface area contributed by atoms with Crippen molar-refractivity contribution >= 4 is 0 Å². The summed E-state index contributed by atoms with van der Waals surface area (Å²) >= 11 is 0. The molecule has 19 heavy (non-hydrogen) atoms. The van der Waals surface area contributed by atoms with Crippen LogP contribution in [0.15, 0.2) is 36.9 Å². The van der Waals surface area contributed by atoms with Gasteiger partial charge in [0.1, 0.15) is 0 Å². The van der Waals surface area contributed by atoms with E-state index in [-0.39, 0.29) is 0 Å². The Morgan fingerprint density at radius 3 is 2.63 bits per heavy atom. The molecule has 1 aliphatic carbocycles. The molecule has 0 saturated heterocycles. The molecule has 1 aliphatic rings. The smallest absolute Gasteiger partial charge is 0.0205 e. The Labute approximate surface area is 118 Å². The summed E-state index contributed by atoms with van der Waals surface area (Å²) in [4.78, 5) is 0. The predicted octanol–water partition coefficient (Wildman–Crippen LogP) is 4.65. The largest absolute Gasteiger partial charge is 0.313 e. The van der Waals surface area contributed by atoms with Gasteiger partial charge in [0.15, 0.2) is 0 Å². The summed E-state index contributed by atoms with van der Waals surface area (Å²) in [5, 5.41) is 3.55. The minimum absolute atomic E-state index is 0.794. The van der Waals surface area contributed by atoms with Crippen LogP contribution in [-0.2, 0) is 6.54 Å². The zero-order valence-corrected chi connectivity index (χ0v) is 12.2. The molecule has 1 saturated carbocycles. The molecule has 0 aromatic heterocycles. The second kappa shape index (κ2) is 7.49. The molecule has 0 heterocycles. The van der Waals surface area contributed by atoms with E-state index < -0.39 is 0 Å². The molecule has 1 aromatic carbocycles. The predicted molar refractivity (Wildman–Crippen MR) is 83.3 cm³/mol. The van der Waals surface area contributed by atoms with Gasteiger partial charge >= 0.3 is 0 Å². The number of nitrogens with one attached hydrogen (secondary N) is 1. The number of benzene rings is 1. The van der Waals surface area contributed by atoms with Crippen molar-refractivity contribution in [1.82, 2.24) is 5.32 Å². The topological polar surface area (TPSA) is 12.0 Å². The monoisotopic (exact) mass is 257 g/mol. The van der Waals surface area contributed by atoms with Crippen LogP contribution < -0.4 is 5.32 Å². The fourth-order valence-electron chi connectivity index (χ4n) is 2.59.